The molecule has 5 heteroatoms. The Bertz CT molecular complexity index is 1130. The van der Waals surface area contributed by atoms with Crippen LogP contribution in [0.5, 0.6) is 5.75 Å². The molecule has 0 radical (unpaired) electrons. The topological polar surface area (TPSA) is 64.4 Å². The van der Waals surface area contributed by atoms with E-state index in [0.717, 1.165) is 40.3 Å². The second-order valence-corrected chi connectivity index (χ2v) is 7.87. The molecule has 0 spiro atoms. The molecule has 0 fully saturated rings. The van der Waals surface area contributed by atoms with Crippen molar-refractivity contribution in [1.29, 1.82) is 0 Å². The highest BCUT2D eigenvalue weighted by Crippen LogP contribution is 2.50. The first-order chi connectivity index (χ1) is 14.7. The van der Waals surface area contributed by atoms with Crippen molar-refractivity contribution in [2.45, 2.75) is 38.5 Å². The van der Waals surface area contributed by atoms with Crippen molar-refractivity contribution in [3.8, 4) is 5.75 Å². The smallest absolute Gasteiger partial charge is 0.233 e. The van der Waals surface area contributed by atoms with Gasteiger partial charge in [-0.1, -0.05) is 53.7 Å². The van der Waals surface area contributed by atoms with Crippen LogP contribution in [0.25, 0.3) is 0 Å². The minimum Gasteiger partial charge on any atom is -0.494 e. The number of ether oxygens (including phenoxy) is 1. The van der Waals surface area contributed by atoms with Crippen LogP contribution in [0.2, 0.25) is 0 Å². The van der Waals surface area contributed by atoms with Crippen molar-refractivity contribution >= 4 is 11.7 Å². The molecule has 152 valence electrons. The number of anilines is 1. The SMILES string of the molecule is CCOc1ccccc1[C@H]1C2=C(C[C@@H](c3ccccc3)CC2=O)Nc2onc(C)c21. The number of aryl methyl sites for hydroxylation is 1. The van der Waals surface area contributed by atoms with Gasteiger partial charge in [-0.05, 0) is 37.8 Å². The zero-order valence-corrected chi connectivity index (χ0v) is 17.1. The Morgan fingerprint density at radius 2 is 1.87 bits per heavy atom. The van der Waals surface area contributed by atoms with E-state index in [1.54, 1.807) is 0 Å². The standard InChI is InChI=1S/C25H24N2O3/c1-3-29-21-12-8-7-11-18(21)23-22-15(2)27-30-25(22)26-19-13-17(14-20(28)24(19)23)16-9-5-4-6-10-16/h4-12,17,23,26H,3,13-14H2,1-2H3/t17-,23-/m1/s1. The summed E-state index contributed by atoms with van der Waals surface area (Å²) in [7, 11) is 0. The minimum absolute atomic E-state index is 0.151. The lowest BCUT2D eigenvalue weighted by atomic mass is 9.72. The first-order valence-corrected chi connectivity index (χ1v) is 10.4. The fraction of sp³-hybridized carbons (Fsp3) is 0.280. The van der Waals surface area contributed by atoms with Crippen LogP contribution in [0.3, 0.4) is 0 Å². The van der Waals surface area contributed by atoms with Crippen molar-refractivity contribution < 1.29 is 14.1 Å². The lowest BCUT2D eigenvalue weighted by molar-refractivity contribution is -0.116. The summed E-state index contributed by atoms with van der Waals surface area (Å²) in [6, 6.07) is 18.2. The molecule has 5 nitrogen and oxygen atoms in total. The van der Waals surface area contributed by atoms with Gasteiger partial charge in [0.1, 0.15) is 5.75 Å². The van der Waals surface area contributed by atoms with Gasteiger partial charge in [-0.25, -0.2) is 0 Å². The van der Waals surface area contributed by atoms with E-state index in [4.69, 9.17) is 9.26 Å². The van der Waals surface area contributed by atoms with Gasteiger partial charge < -0.3 is 14.6 Å². The number of carbonyl (C=O) groups excluding carboxylic acids is 1. The fourth-order valence-electron chi connectivity index (χ4n) is 4.75. The van der Waals surface area contributed by atoms with Crippen LogP contribution < -0.4 is 10.1 Å². The van der Waals surface area contributed by atoms with E-state index in [9.17, 15) is 4.79 Å². The Hall–Kier alpha value is -3.34. The molecule has 30 heavy (non-hydrogen) atoms. The van der Waals surface area contributed by atoms with Crippen LogP contribution in [-0.4, -0.2) is 17.5 Å². The van der Waals surface area contributed by atoms with E-state index >= 15 is 0 Å². The van der Waals surface area contributed by atoms with Gasteiger partial charge in [0.2, 0.25) is 5.88 Å². The first-order valence-electron chi connectivity index (χ1n) is 10.4. The van der Waals surface area contributed by atoms with Gasteiger partial charge in [-0.3, -0.25) is 4.79 Å². The molecule has 0 saturated carbocycles. The Labute approximate surface area is 175 Å². The number of allylic oxidation sites excluding steroid dienone is 2. The van der Waals surface area contributed by atoms with E-state index in [-0.39, 0.29) is 17.6 Å². The highest BCUT2D eigenvalue weighted by molar-refractivity contribution is 6.01. The monoisotopic (exact) mass is 400 g/mol. The summed E-state index contributed by atoms with van der Waals surface area (Å²) >= 11 is 0. The highest BCUT2D eigenvalue weighted by Gasteiger charge is 2.42. The summed E-state index contributed by atoms with van der Waals surface area (Å²) < 4.78 is 11.5. The molecule has 2 aromatic carbocycles. The average molecular weight is 400 g/mol. The molecular formula is C25H24N2O3. The molecular weight excluding hydrogens is 376 g/mol. The van der Waals surface area contributed by atoms with Gasteiger partial charge in [0, 0.05) is 23.3 Å². The van der Waals surface area contributed by atoms with Gasteiger partial charge in [-0.15, -0.1) is 0 Å². The quantitative estimate of drug-likeness (QED) is 0.640. The van der Waals surface area contributed by atoms with Crippen molar-refractivity contribution in [3.05, 3.63) is 88.3 Å². The molecule has 1 aromatic heterocycles. The van der Waals surface area contributed by atoms with Crippen molar-refractivity contribution in [3.63, 3.8) is 0 Å². The molecule has 1 aliphatic carbocycles. The zero-order chi connectivity index (χ0) is 20.7. The minimum atomic E-state index is -0.241. The van der Waals surface area contributed by atoms with Crippen LogP contribution in [0, 0.1) is 6.92 Å². The maximum absolute atomic E-state index is 13.5. The molecule has 2 aliphatic rings. The van der Waals surface area contributed by atoms with E-state index in [2.05, 4.69) is 22.6 Å². The Balaban J connectivity index is 1.65. The predicted molar refractivity (Wildman–Crippen MR) is 115 cm³/mol. The summed E-state index contributed by atoms with van der Waals surface area (Å²) in [6.45, 7) is 4.45. The lowest BCUT2D eigenvalue weighted by Gasteiger charge is -2.35. The van der Waals surface area contributed by atoms with Gasteiger partial charge in [-0.2, -0.15) is 0 Å². The highest BCUT2D eigenvalue weighted by atomic mass is 16.5. The Kier molecular flexibility index (Phi) is 4.66. The third-order valence-corrected chi connectivity index (χ3v) is 6.06. The number of hydrogen-bond acceptors (Lipinski definition) is 5. The van der Waals surface area contributed by atoms with Crippen LogP contribution in [-0.2, 0) is 4.79 Å². The van der Waals surface area contributed by atoms with Gasteiger partial charge >= 0.3 is 0 Å². The number of carbonyl (C=O) groups is 1. The van der Waals surface area contributed by atoms with Crippen molar-refractivity contribution in [2.75, 3.05) is 11.9 Å². The second-order valence-electron chi connectivity index (χ2n) is 7.87. The summed E-state index contributed by atoms with van der Waals surface area (Å²) in [4.78, 5) is 13.5. The molecule has 1 N–H and O–H groups in total. The van der Waals surface area contributed by atoms with Gasteiger partial charge in [0.15, 0.2) is 5.78 Å². The predicted octanol–water partition coefficient (Wildman–Crippen LogP) is 5.34. The van der Waals surface area contributed by atoms with Crippen LogP contribution in [0.15, 0.2) is 70.4 Å². The third kappa shape index (κ3) is 3.02. The fourth-order valence-corrected chi connectivity index (χ4v) is 4.75. The number of hydrogen-bond donors (Lipinski definition) is 1. The van der Waals surface area contributed by atoms with Crippen LogP contribution in [0.4, 0.5) is 5.88 Å². The second kappa shape index (κ2) is 7.48. The normalized spacial score (nSPS) is 20.4. The zero-order valence-electron chi connectivity index (χ0n) is 17.1. The molecule has 0 saturated heterocycles. The molecule has 0 unspecified atom stereocenters. The molecule has 0 bridgehead atoms. The number of nitrogens with zero attached hydrogens (tertiary/aromatic N) is 1. The number of Topliss-reactive ketones (excluding diaryl/α,β-unsaturated/α-hetero) is 1. The molecule has 1 aliphatic heterocycles. The number of para-hydroxylation sites is 1. The van der Waals surface area contributed by atoms with Crippen LogP contribution >= 0.6 is 0 Å². The largest absolute Gasteiger partial charge is 0.494 e. The molecule has 0 amide bonds. The number of fused-ring (bicyclic) bond motifs is 1. The van der Waals surface area contributed by atoms with Crippen molar-refractivity contribution in [1.82, 2.24) is 5.16 Å². The number of aromatic nitrogens is 1. The first kappa shape index (κ1) is 18.7. The molecule has 3 aromatic rings. The Morgan fingerprint density at radius 1 is 1.10 bits per heavy atom. The van der Waals surface area contributed by atoms with E-state index in [0.29, 0.717) is 18.9 Å². The Morgan fingerprint density at radius 3 is 2.67 bits per heavy atom. The van der Waals surface area contributed by atoms with E-state index in [1.807, 2.05) is 56.3 Å². The number of rotatable bonds is 4. The number of nitrogens with one attached hydrogen (secondary N) is 1. The van der Waals surface area contributed by atoms with E-state index in [1.165, 1.54) is 5.56 Å². The number of benzene rings is 2. The average Bonchev–Trinajstić information content (AvgIpc) is 3.14. The lowest BCUT2D eigenvalue weighted by Crippen LogP contribution is -2.29. The van der Waals surface area contributed by atoms with Gasteiger partial charge in [0.05, 0.1) is 23.8 Å². The van der Waals surface area contributed by atoms with Crippen molar-refractivity contribution in [2.24, 2.45) is 0 Å². The summed E-state index contributed by atoms with van der Waals surface area (Å²) in [5, 5.41) is 7.58. The summed E-state index contributed by atoms with van der Waals surface area (Å²) in [5.41, 5.74) is 5.62. The maximum Gasteiger partial charge on any atom is 0.233 e. The van der Waals surface area contributed by atoms with Crippen LogP contribution in [0.1, 0.15) is 54.0 Å². The molecule has 5 rings (SSSR count). The van der Waals surface area contributed by atoms with Gasteiger partial charge in [0.25, 0.3) is 0 Å². The summed E-state index contributed by atoms with van der Waals surface area (Å²) in [6.07, 6.45) is 1.26. The number of ketones is 1. The van der Waals surface area contributed by atoms with E-state index < -0.39 is 0 Å². The molecule has 2 atom stereocenters. The molecule has 2 heterocycles. The maximum atomic E-state index is 13.5. The summed E-state index contributed by atoms with van der Waals surface area (Å²) in [5.74, 6) is 1.50. The third-order valence-electron chi connectivity index (χ3n) is 6.06.